The van der Waals surface area contributed by atoms with Crippen LogP contribution in [-0.2, 0) is 0 Å². The molecule has 0 aliphatic rings. The minimum Gasteiger partial charge on any atom is -0.542 e. The number of carboxylic acid groups (broad SMARTS) is 2. The van der Waals surface area contributed by atoms with Gasteiger partial charge in [-0.25, -0.2) is 0 Å². The van der Waals surface area contributed by atoms with Gasteiger partial charge in [0.25, 0.3) is 0 Å². The molecule has 0 bridgehead atoms. The summed E-state index contributed by atoms with van der Waals surface area (Å²) in [5.74, 6) is -3.22. The zero-order chi connectivity index (χ0) is 13.7. The molecule has 0 saturated carbocycles. The quantitative estimate of drug-likeness (QED) is 0.507. The van der Waals surface area contributed by atoms with Crippen LogP contribution in [0.5, 0.6) is 0 Å². The number of carbonyl (C=O) groups is 2. The molecule has 2 rings (SSSR count). The van der Waals surface area contributed by atoms with Crippen molar-refractivity contribution in [2.75, 3.05) is 0 Å². The largest absolute Gasteiger partial charge is 1.00 e. The molecule has 96 valence electrons. The van der Waals surface area contributed by atoms with E-state index in [4.69, 9.17) is 23.2 Å². The Balaban J connectivity index is 0. The van der Waals surface area contributed by atoms with Crippen molar-refractivity contribution in [2.45, 2.75) is 0 Å². The van der Waals surface area contributed by atoms with Crippen molar-refractivity contribution in [3.8, 4) is 0 Å². The Kier molecular flexibility index (Phi) is 12.0. The summed E-state index contributed by atoms with van der Waals surface area (Å²) in [6.45, 7) is 0. The van der Waals surface area contributed by atoms with Crippen LogP contribution in [0.4, 0.5) is 0 Å². The van der Waals surface area contributed by atoms with Crippen LogP contribution < -0.4 is 69.3 Å². The van der Waals surface area contributed by atoms with Gasteiger partial charge in [-0.05, 0) is 47.5 Å². The van der Waals surface area contributed by atoms with Crippen molar-refractivity contribution in [1.29, 1.82) is 0 Å². The molecule has 0 aliphatic heterocycles. The van der Waals surface area contributed by atoms with Crippen LogP contribution >= 0.6 is 23.2 Å². The van der Waals surface area contributed by atoms with Gasteiger partial charge in [0.05, 0.1) is 0 Å². The Morgan fingerprint density at radius 2 is 1.10 bits per heavy atom. The molecular formula is C10H4Cl2Na2O6. The molecule has 20 heavy (non-hydrogen) atoms. The van der Waals surface area contributed by atoms with Crippen molar-refractivity contribution in [2.24, 2.45) is 0 Å². The molecule has 0 aliphatic carbocycles. The number of aromatic carboxylic acids is 2. The molecule has 0 saturated heterocycles. The first-order chi connectivity index (χ1) is 8.40. The minimum atomic E-state index is -1.36. The van der Waals surface area contributed by atoms with E-state index in [-0.39, 0.29) is 81.1 Å². The Bertz CT molecular complexity index is 515. The van der Waals surface area contributed by atoms with E-state index >= 15 is 0 Å². The number of carbonyl (C=O) groups excluding carboxylic acids is 2. The van der Waals surface area contributed by atoms with Gasteiger partial charge >= 0.3 is 59.1 Å². The van der Waals surface area contributed by atoms with Crippen LogP contribution in [0.15, 0.2) is 33.1 Å². The standard InChI is InChI=1S/2C5H3ClO3.2Na/c2*6-4-2-1-3(9-4)5(7)8;;/h2*1-2H,(H,7,8);;/q;;2*+1/p-2. The van der Waals surface area contributed by atoms with Gasteiger partial charge in [-0.3, -0.25) is 0 Å². The van der Waals surface area contributed by atoms with Crippen molar-refractivity contribution >= 4 is 35.1 Å². The second-order valence-corrected chi connectivity index (χ2v) is 3.53. The third kappa shape index (κ3) is 7.75. The summed E-state index contributed by atoms with van der Waals surface area (Å²) in [5.41, 5.74) is 0. The second-order valence-electron chi connectivity index (χ2n) is 2.78. The topological polar surface area (TPSA) is 107 Å². The first-order valence-corrected chi connectivity index (χ1v) is 5.09. The maximum atomic E-state index is 9.95. The van der Waals surface area contributed by atoms with Gasteiger partial charge < -0.3 is 28.6 Å². The summed E-state index contributed by atoms with van der Waals surface area (Å²) >= 11 is 10.5. The average Bonchev–Trinajstić information content (AvgIpc) is 2.88. The van der Waals surface area contributed by atoms with Gasteiger partial charge in [0.1, 0.15) is 11.9 Å². The first kappa shape index (κ1) is 22.4. The molecule has 0 spiro atoms. The molecule has 0 fully saturated rings. The fraction of sp³-hybridized carbons (Fsp3) is 0. The molecule has 2 aromatic heterocycles. The van der Waals surface area contributed by atoms with E-state index in [9.17, 15) is 19.8 Å². The first-order valence-electron chi connectivity index (χ1n) is 4.33. The SMILES string of the molecule is O=C([O-])c1ccc(Cl)o1.O=C([O-])c1ccc(Cl)o1.[Na+].[Na+]. The number of hydrogen-bond acceptors (Lipinski definition) is 6. The monoisotopic (exact) mass is 336 g/mol. The number of carboxylic acids is 2. The van der Waals surface area contributed by atoms with Crippen molar-refractivity contribution in [1.82, 2.24) is 0 Å². The maximum Gasteiger partial charge on any atom is 1.00 e. The van der Waals surface area contributed by atoms with Crippen LogP contribution in [0.25, 0.3) is 0 Å². The fourth-order valence-electron chi connectivity index (χ4n) is 0.848. The summed E-state index contributed by atoms with van der Waals surface area (Å²) in [6.07, 6.45) is 0. The van der Waals surface area contributed by atoms with Gasteiger partial charge in [0, 0.05) is 0 Å². The van der Waals surface area contributed by atoms with Crippen LogP contribution in [0.3, 0.4) is 0 Å². The van der Waals surface area contributed by atoms with E-state index in [1.807, 2.05) is 0 Å². The van der Waals surface area contributed by atoms with Crippen LogP contribution in [-0.4, -0.2) is 11.9 Å². The molecule has 0 amide bonds. The summed E-state index contributed by atoms with van der Waals surface area (Å²) in [5, 5.41) is 20.0. The van der Waals surface area contributed by atoms with E-state index in [1.54, 1.807) is 0 Å². The van der Waals surface area contributed by atoms with Gasteiger partial charge in [0.2, 0.25) is 0 Å². The molecular weight excluding hydrogens is 333 g/mol. The molecule has 0 aromatic carbocycles. The van der Waals surface area contributed by atoms with Gasteiger partial charge in [-0.2, -0.15) is 0 Å². The van der Waals surface area contributed by atoms with Crippen molar-refractivity contribution in [3.05, 3.63) is 46.2 Å². The minimum absolute atomic E-state index is 0. The number of rotatable bonds is 2. The number of furan rings is 2. The smallest absolute Gasteiger partial charge is 0.542 e. The maximum absolute atomic E-state index is 9.95. The van der Waals surface area contributed by atoms with Crippen LogP contribution in [0.1, 0.15) is 21.1 Å². The second kappa shape index (κ2) is 10.8. The summed E-state index contributed by atoms with van der Waals surface area (Å²) < 4.78 is 8.90. The van der Waals surface area contributed by atoms with Gasteiger partial charge in [-0.15, -0.1) is 0 Å². The Labute approximate surface area is 167 Å². The predicted molar refractivity (Wildman–Crippen MR) is 56.1 cm³/mol. The van der Waals surface area contributed by atoms with Crippen molar-refractivity contribution in [3.63, 3.8) is 0 Å². The van der Waals surface area contributed by atoms with E-state index < -0.39 is 11.9 Å². The summed E-state index contributed by atoms with van der Waals surface area (Å²) in [6, 6.07) is 5.15. The van der Waals surface area contributed by atoms with E-state index in [0.717, 1.165) is 0 Å². The fourth-order valence-corrected chi connectivity index (χ4v) is 1.14. The Morgan fingerprint density at radius 3 is 1.20 bits per heavy atom. The normalized spacial score (nSPS) is 8.50. The molecule has 0 unspecified atom stereocenters. The summed E-state index contributed by atoms with van der Waals surface area (Å²) in [7, 11) is 0. The number of hydrogen-bond donors (Lipinski definition) is 0. The van der Waals surface area contributed by atoms with Gasteiger partial charge in [-0.1, -0.05) is 0 Å². The third-order valence-electron chi connectivity index (χ3n) is 1.55. The zero-order valence-electron chi connectivity index (χ0n) is 10.5. The van der Waals surface area contributed by atoms with E-state index in [0.29, 0.717) is 0 Å². The Morgan fingerprint density at radius 1 is 0.800 bits per heavy atom. The van der Waals surface area contributed by atoms with Crippen LogP contribution in [0, 0.1) is 0 Å². The molecule has 0 radical (unpaired) electrons. The molecule has 6 nitrogen and oxygen atoms in total. The molecule has 0 N–H and O–H groups in total. The van der Waals surface area contributed by atoms with Crippen LogP contribution in [0.2, 0.25) is 10.4 Å². The number of halogens is 2. The molecule has 10 heteroatoms. The third-order valence-corrected chi connectivity index (χ3v) is 1.96. The molecule has 2 heterocycles. The van der Waals surface area contributed by atoms with Gasteiger partial charge in [0.15, 0.2) is 22.0 Å². The van der Waals surface area contributed by atoms with E-state index in [1.165, 1.54) is 24.3 Å². The van der Waals surface area contributed by atoms with E-state index in [2.05, 4.69) is 8.83 Å². The average molecular weight is 337 g/mol. The van der Waals surface area contributed by atoms with Crippen molar-refractivity contribution < 1.29 is 87.8 Å². The zero-order valence-corrected chi connectivity index (χ0v) is 16.0. The summed E-state index contributed by atoms with van der Waals surface area (Å²) in [4.78, 5) is 19.9. The molecule has 2 aromatic rings. The Hall–Kier alpha value is 0.0800. The predicted octanol–water partition coefficient (Wildman–Crippen LogP) is -5.40. The molecule has 0 atom stereocenters.